The minimum Gasteiger partial charge on any atom is -0.462 e. The number of ether oxygens (including phenoxy) is 3. The van der Waals surface area contributed by atoms with Crippen molar-refractivity contribution in [3.05, 3.63) is 11.6 Å². The third-order valence-electron chi connectivity index (χ3n) is 10.4. The lowest BCUT2D eigenvalue weighted by Crippen LogP contribution is -2.58. The molecule has 5 unspecified atom stereocenters. The molecule has 4 aliphatic carbocycles. The molecule has 0 aromatic carbocycles. The largest absolute Gasteiger partial charge is 0.462 e. The number of aldehydes is 1. The smallest absolute Gasteiger partial charge is 0.302 e. The first-order valence-electron chi connectivity index (χ1n) is 13.4. The molecule has 1 saturated heterocycles. The van der Waals surface area contributed by atoms with Crippen LogP contribution < -0.4 is 0 Å². The van der Waals surface area contributed by atoms with E-state index in [2.05, 4.69) is 26.8 Å². The Morgan fingerprint density at radius 1 is 1.15 bits per heavy atom. The van der Waals surface area contributed by atoms with Crippen LogP contribution in [0.25, 0.3) is 0 Å². The highest BCUT2D eigenvalue weighted by Gasteiger charge is 2.64. The summed E-state index contributed by atoms with van der Waals surface area (Å²) in [5.74, 6) is 2.02. The molecule has 5 nitrogen and oxygen atoms in total. The van der Waals surface area contributed by atoms with E-state index < -0.39 is 0 Å². The van der Waals surface area contributed by atoms with E-state index >= 15 is 0 Å². The molecule has 5 rings (SSSR count). The number of fused-ring (bicyclic) bond motifs is 5. The van der Waals surface area contributed by atoms with Gasteiger partial charge >= 0.3 is 5.97 Å². The Hall–Kier alpha value is -1.20. The number of esters is 1. The molecule has 0 spiro atoms. The minimum atomic E-state index is -0.370. The van der Waals surface area contributed by atoms with Crippen LogP contribution in [-0.2, 0) is 23.8 Å². The van der Waals surface area contributed by atoms with Crippen molar-refractivity contribution in [2.45, 2.75) is 104 Å². The summed E-state index contributed by atoms with van der Waals surface area (Å²) < 4.78 is 18.1. The third-order valence-corrected chi connectivity index (χ3v) is 10.4. The molecule has 3 saturated carbocycles. The molecule has 33 heavy (non-hydrogen) atoms. The van der Waals surface area contributed by atoms with Gasteiger partial charge in [-0.2, -0.15) is 0 Å². The predicted molar refractivity (Wildman–Crippen MR) is 125 cm³/mol. The topological polar surface area (TPSA) is 61.8 Å². The van der Waals surface area contributed by atoms with Crippen LogP contribution in [0.15, 0.2) is 11.6 Å². The summed E-state index contributed by atoms with van der Waals surface area (Å²) in [4.78, 5) is 24.8. The molecule has 10 atom stereocenters. The number of hydrogen-bond donors (Lipinski definition) is 0. The molecule has 5 heteroatoms. The standard InChI is InChI=1S/C28H42O5/c1-17-13-20-15-21(33-25-7-5-6-12-31-25)14-18(2)28(20,16-29)23-10-11-27(4)22(26(17)23)8-9-24(27)32-19(3)30/h15-18,21-26H,5-14H2,1-4H3/t17?,18?,21?,22-,23+,24?,25?,26-,27-,28-/m0/s1. The van der Waals surface area contributed by atoms with Gasteiger partial charge < -0.3 is 19.0 Å². The third kappa shape index (κ3) is 3.73. The van der Waals surface area contributed by atoms with E-state index in [-0.39, 0.29) is 41.2 Å². The van der Waals surface area contributed by atoms with Crippen LogP contribution in [0, 0.1) is 40.4 Å². The van der Waals surface area contributed by atoms with Gasteiger partial charge in [0.15, 0.2) is 6.29 Å². The maximum absolute atomic E-state index is 13.0. The van der Waals surface area contributed by atoms with Gasteiger partial charge in [0.05, 0.1) is 11.5 Å². The monoisotopic (exact) mass is 458 g/mol. The predicted octanol–water partition coefficient (Wildman–Crippen LogP) is 5.46. The number of carbonyl (C=O) groups excluding carboxylic acids is 2. The van der Waals surface area contributed by atoms with Gasteiger partial charge in [-0.25, -0.2) is 0 Å². The Balaban J connectivity index is 1.42. The summed E-state index contributed by atoms with van der Waals surface area (Å²) in [6.07, 6.45) is 12.8. The fourth-order valence-corrected chi connectivity index (χ4v) is 8.91. The quantitative estimate of drug-likeness (QED) is 0.318. The van der Waals surface area contributed by atoms with Crippen LogP contribution in [0.4, 0.5) is 0 Å². The lowest BCUT2D eigenvalue weighted by molar-refractivity contribution is -0.188. The number of carbonyl (C=O) groups is 2. The molecule has 0 N–H and O–H groups in total. The van der Waals surface area contributed by atoms with Crippen molar-refractivity contribution in [2.75, 3.05) is 6.61 Å². The summed E-state index contributed by atoms with van der Waals surface area (Å²) in [7, 11) is 0. The van der Waals surface area contributed by atoms with E-state index in [1.807, 2.05) is 0 Å². The van der Waals surface area contributed by atoms with Gasteiger partial charge in [0.25, 0.3) is 0 Å². The van der Waals surface area contributed by atoms with E-state index in [1.165, 1.54) is 18.8 Å². The van der Waals surface area contributed by atoms with Gasteiger partial charge in [-0.3, -0.25) is 4.79 Å². The summed E-state index contributed by atoms with van der Waals surface area (Å²) >= 11 is 0. The van der Waals surface area contributed by atoms with Crippen molar-refractivity contribution in [1.29, 1.82) is 0 Å². The van der Waals surface area contributed by atoms with Crippen molar-refractivity contribution >= 4 is 12.3 Å². The molecule has 4 fully saturated rings. The zero-order valence-corrected chi connectivity index (χ0v) is 20.9. The minimum absolute atomic E-state index is 0.0225. The second kappa shape index (κ2) is 8.78. The highest BCUT2D eigenvalue weighted by atomic mass is 16.7. The van der Waals surface area contributed by atoms with Gasteiger partial charge in [0.2, 0.25) is 0 Å². The van der Waals surface area contributed by atoms with Crippen molar-refractivity contribution in [3.63, 3.8) is 0 Å². The molecule has 0 aromatic heterocycles. The number of hydrogen-bond acceptors (Lipinski definition) is 5. The highest BCUT2D eigenvalue weighted by molar-refractivity contribution is 5.68. The van der Waals surface area contributed by atoms with Gasteiger partial charge in [-0.15, -0.1) is 0 Å². The van der Waals surface area contributed by atoms with Gasteiger partial charge in [0, 0.05) is 18.9 Å². The van der Waals surface area contributed by atoms with E-state index in [0.717, 1.165) is 64.4 Å². The van der Waals surface area contributed by atoms with Crippen LogP contribution >= 0.6 is 0 Å². The van der Waals surface area contributed by atoms with Crippen LogP contribution in [-0.4, -0.2) is 37.4 Å². The Morgan fingerprint density at radius 2 is 1.97 bits per heavy atom. The van der Waals surface area contributed by atoms with Gasteiger partial charge in [-0.1, -0.05) is 32.4 Å². The van der Waals surface area contributed by atoms with Crippen LogP contribution in [0.5, 0.6) is 0 Å². The van der Waals surface area contributed by atoms with E-state index in [0.29, 0.717) is 23.7 Å². The van der Waals surface area contributed by atoms with Crippen molar-refractivity contribution < 1.29 is 23.8 Å². The molecular weight excluding hydrogens is 416 g/mol. The Morgan fingerprint density at radius 3 is 2.67 bits per heavy atom. The number of rotatable bonds is 4. The molecule has 0 aromatic rings. The van der Waals surface area contributed by atoms with Crippen molar-refractivity contribution in [3.8, 4) is 0 Å². The van der Waals surface area contributed by atoms with Crippen LogP contribution in [0.3, 0.4) is 0 Å². The van der Waals surface area contributed by atoms with Crippen LogP contribution in [0.2, 0.25) is 0 Å². The first-order valence-corrected chi connectivity index (χ1v) is 13.4. The number of allylic oxidation sites excluding steroid dienone is 1. The Kier molecular flexibility index (Phi) is 6.27. The summed E-state index contributed by atoms with van der Waals surface area (Å²) in [6, 6.07) is 0. The van der Waals surface area contributed by atoms with Crippen LogP contribution in [0.1, 0.15) is 85.5 Å². The van der Waals surface area contributed by atoms with Gasteiger partial charge in [-0.05, 0) is 87.4 Å². The molecule has 0 bridgehead atoms. The zero-order chi connectivity index (χ0) is 23.4. The second-order valence-corrected chi connectivity index (χ2v) is 12.0. The molecule has 0 amide bonds. The SMILES string of the molecule is CC(=O)OC1CC[C@H]2[C@@H]3C(C)CC4=CC(OC5CCCCO5)CC(C)[C@]4(C=O)[C@@H]3CC[C@]12C. The zero-order valence-electron chi connectivity index (χ0n) is 20.9. The molecule has 1 heterocycles. The highest BCUT2D eigenvalue weighted by Crippen LogP contribution is 2.67. The summed E-state index contributed by atoms with van der Waals surface area (Å²) in [5.41, 5.74) is 0.989. The normalized spacial score (nSPS) is 49.3. The van der Waals surface area contributed by atoms with E-state index in [1.54, 1.807) is 0 Å². The van der Waals surface area contributed by atoms with Gasteiger partial charge in [0.1, 0.15) is 12.4 Å². The fourth-order valence-electron chi connectivity index (χ4n) is 8.91. The molecule has 5 aliphatic rings. The lowest BCUT2D eigenvalue weighted by atomic mass is 9.43. The molecular formula is C28H42O5. The second-order valence-electron chi connectivity index (χ2n) is 12.0. The van der Waals surface area contributed by atoms with Crippen molar-refractivity contribution in [2.24, 2.45) is 40.4 Å². The van der Waals surface area contributed by atoms with E-state index in [4.69, 9.17) is 14.2 Å². The maximum Gasteiger partial charge on any atom is 0.302 e. The fraction of sp³-hybridized carbons (Fsp3) is 0.857. The lowest BCUT2D eigenvalue weighted by Gasteiger charge is -2.61. The Bertz CT molecular complexity index is 800. The molecule has 0 radical (unpaired) electrons. The molecule has 184 valence electrons. The van der Waals surface area contributed by atoms with E-state index in [9.17, 15) is 9.59 Å². The Labute approximate surface area is 199 Å². The average molecular weight is 459 g/mol. The maximum atomic E-state index is 13.0. The summed E-state index contributed by atoms with van der Waals surface area (Å²) in [6.45, 7) is 9.33. The average Bonchev–Trinajstić information content (AvgIpc) is 3.10. The first-order chi connectivity index (χ1) is 15.8. The first kappa shape index (κ1) is 23.5. The molecule has 1 aliphatic heterocycles. The summed E-state index contributed by atoms with van der Waals surface area (Å²) in [5, 5.41) is 0. The van der Waals surface area contributed by atoms with Crippen molar-refractivity contribution in [1.82, 2.24) is 0 Å².